The highest BCUT2D eigenvalue weighted by atomic mass is 35.5. The van der Waals surface area contributed by atoms with Gasteiger partial charge in [0.1, 0.15) is 12.4 Å². The Morgan fingerprint density at radius 2 is 2.22 bits per heavy atom. The fourth-order valence-corrected chi connectivity index (χ4v) is 2.97. The number of carbonyl (C=O) groups excluding carboxylic acids is 1. The van der Waals surface area contributed by atoms with Gasteiger partial charge in [-0.15, -0.1) is 0 Å². The number of amides is 1. The van der Waals surface area contributed by atoms with E-state index in [1.54, 1.807) is 6.20 Å². The topological polar surface area (TPSA) is 67.3 Å². The Morgan fingerprint density at radius 1 is 1.43 bits per heavy atom. The van der Waals surface area contributed by atoms with Crippen LogP contribution in [0.2, 0.25) is 5.02 Å². The molecule has 0 radical (unpaired) electrons. The van der Waals surface area contributed by atoms with Gasteiger partial charge in [-0.1, -0.05) is 11.6 Å². The van der Waals surface area contributed by atoms with Crippen LogP contribution in [0.5, 0.6) is 0 Å². The molecule has 1 aliphatic heterocycles. The molecule has 1 aliphatic rings. The lowest BCUT2D eigenvalue weighted by atomic mass is 10.0. The molecule has 0 aromatic carbocycles. The fraction of sp³-hybridized carbons (Fsp3) is 0.438. The second-order valence-corrected chi connectivity index (χ2v) is 6.07. The first kappa shape index (κ1) is 16.0. The minimum absolute atomic E-state index is 0.0594. The number of anilines is 1. The molecular weight excluding hydrogens is 316 g/mol. The highest BCUT2D eigenvalue weighted by molar-refractivity contribution is 6.31. The summed E-state index contributed by atoms with van der Waals surface area (Å²) in [5, 5.41) is 4.53. The van der Waals surface area contributed by atoms with Gasteiger partial charge in [-0.3, -0.25) is 4.79 Å². The second-order valence-electron chi connectivity index (χ2n) is 5.63. The third kappa shape index (κ3) is 3.89. The zero-order chi connectivity index (χ0) is 16.2. The number of carbonyl (C=O) groups is 1. The number of hydrogen-bond acceptors (Lipinski definition) is 5. The Bertz CT molecular complexity index is 702. The Labute approximate surface area is 139 Å². The summed E-state index contributed by atoms with van der Waals surface area (Å²) < 4.78 is 4.84. The van der Waals surface area contributed by atoms with Crippen molar-refractivity contribution in [1.29, 1.82) is 0 Å². The lowest BCUT2D eigenvalue weighted by Crippen LogP contribution is -2.45. The maximum absolute atomic E-state index is 11.6. The number of nitrogens with one attached hydrogen (secondary N) is 1. The standard InChI is InChI=1S/C16H19ClN4O2/c1-23-10-15(22)19-13-4-6-21(7-5-13)14-3-2-11-8-12(17)9-18-16(11)20-14/h2-3,8-9,13H,4-7,10H2,1H3,(H,19,22). The van der Waals surface area contributed by atoms with E-state index in [1.807, 2.05) is 18.2 Å². The molecule has 2 aromatic rings. The molecule has 0 spiro atoms. The molecule has 122 valence electrons. The van der Waals surface area contributed by atoms with Crippen LogP contribution in [0, 0.1) is 0 Å². The van der Waals surface area contributed by atoms with Crippen LogP contribution in [-0.2, 0) is 9.53 Å². The van der Waals surface area contributed by atoms with Crippen molar-refractivity contribution in [2.45, 2.75) is 18.9 Å². The maximum Gasteiger partial charge on any atom is 0.246 e. The summed E-state index contributed by atoms with van der Waals surface area (Å²) >= 11 is 5.94. The van der Waals surface area contributed by atoms with Crippen LogP contribution in [0.1, 0.15) is 12.8 Å². The van der Waals surface area contributed by atoms with Gasteiger partial charge in [-0.05, 0) is 31.0 Å². The van der Waals surface area contributed by atoms with Gasteiger partial charge in [0.15, 0.2) is 5.65 Å². The summed E-state index contributed by atoms with van der Waals surface area (Å²) in [5.41, 5.74) is 0.697. The molecule has 0 atom stereocenters. The van der Waals surface area contributed by atoms with Gasteiger partial charge < -0.3 is 15.0 Å². The average Bonchev–Trinajstić information content (AvgIpc) is 2.55. The highest BCUT2D eigenvalue weighted by Gasteiger charge is 2.21. The van der Waals surface area contributed by atoms with Crippen molar-refractivity contribution >= 4 is 34.4 Å². The van der Waals surface area contributed by atoms with E-state index in [9.17, 15) is 4.79 Å². The summed E-state index contributed by atoms with van der Waals surface area (Å²) in [6.45, 7) is 1.81. The highest BCUT2D eigenvalue weighted by Crippen LogP contribution is 2.22. The number of hydrogen-bond donors (Lipinski definition) is 1. The number of ether oxygens (including phenoxy) is 1. The number of aromatic nitrogens is 2. The normalized spacial score (nSPS) is 15.8. The lowest BCUT2D eigenvalue weighted by molar-refractivity contribution is -0.125. The molecule has 0 saturated carbocycles. The third-order valence-electron chi connectivity index (χ3n) is 3.95. The predicted octanol–water partition coefficient (Wildman–Crippen LogP) is 2.01. The molecular formula is C16H19ClN4O2. The van der Waals surface area contributed by atoms with Crippen LogP contribution in [0.25, 0.3) is 11.0 Å². The number of rotatable bonds is 4. The predicted molar refractivity (Wildman–Crippen MR) is 89.8 cm³/mol. The SMILES string of the molecule is COCC(=O)NC1CCN(c2ccc3cc(Cl)cnc3n2)CC1. The zero-order valence-electron chi connectivity index (χ0n) is 13.0. The Kier molecular flexibility index (Phi) is 4.93. The molecule has 6 nitrogen and oxygen atoms in total. The van der Waals surface area contributed by atoms with E-state index >= 15 is 0 Å². The van der Waals surface area contributed by atoms with E-state index in [0.29, 0.717) is 10.7 Å². The Balaban J connectivity index is 1.63. The molecule has 1 N–H and O–H groups in total. The second kappa shape index (κ2) is 7.10. The smallest absolute Gasteiger partial charge is 0.246 e. The van der Waals surface area contributed by atoms with Crippen molar-refractivity contribution in [3.05, 3.63) is 29.4 Å². The molecule has 23 heavy (non-hydrogen) atoms. The van der Waals surface area contributed by atoms with Crippen molar-refractivity contribution < 1.29 is 9.53 Å². The van der Waals surface area contributed by atoms with Crippen LogP contribution < -0.4 is 10.2 Å². The number of methoxy groups -OCH3 is 1. The van der Waals surface area contributed by atoms with Crippen molar-refractivity contribution in [3.8, 4) is 0 Å². The average molecular weight is 335 g/mol. The number of nitrogens with zero attached hydrogens (tertiary/aromatic N) is 3. The first-order valence-corrected chi connectivity index (χ1v) is 7.99. The van der Waals surface area contributed by atoms with E-state index in [2.05, 4.69) is 20.2 Å². The van der Waals surface area contributed by atoms with E-state index in [1.165, 1.54) is 7.11 Å². The summed E-state index contributed by atoms with van der Waals surface area (Å²) in [6.07, 6.45) is 3.39. The van der Waals surface area contributed by atoms with Gasteiger partial charge in [0.2, 0.25) is 5.91 Å². The number of piperidine rings is 1. The first-order chi connectivity index (χ1) is 11.2. The Hall–Kier alpha value is -1.92. The summed E-state index contributed by atoms with van der Waals surface area (Å²) in [5.74, 6) is 0.852. The molecule has 0 bridgehead atoms. The minimum atomic E-state index is -0.0594. The van der Waals surface area contributed by atoms with Crippen molar-refractivity contribution in [2.75, 3.05) is 31.7 Å². The quantitative estimate of drug-likeness (QED) is 0.926. The van der Waals surface area contributed by atoms with Crippen LogP contribution in [0.15, 0.2) is 24.4 Å². The molecule has 2 aromatic heterocycles. The number of fused-ring (bicyclic) bond motifs is 1. The van der Waals surface area contributed by atoms with Gasteiger partial charge in [-0.25, -0.2) is 9.97 Å². The van der Waals surface area contributed by atoms with Gasteiger partial charge in [0, 0.05) is 37.8 Å². The molecule has 0 unspecified atom stereocenters. The number of pyridine rings is 2. The largest absolute Gasteiger partial charge is 0.375 e. The summed E-state index contributed by atoms with van der Waals surface area (Å²) in [7, 11) is 1.52. The zero-order valence-corrected chi connectivity index (χ0v) is 13.7. The molecule has 0 aliphatic carbocycles. The van der Waals surface area contributed by atoms with E-state index in [0.717, 1.165) is 37.1 Å². The molecule has 7 heteroatoms. The van der Waals surface area contributed by atoms with Gasteiger partial charge in [0.05, 0.1) is 5.02 Å². The fourth-order valence-electron chi connectivity index (χ4n) is 2.80. The van der Waals surface area contributed by atoms with Crippen molar-refractivity contribution in [2.24, 2.45) is 0 Å². The third-order valence-corrected chi connectivity index (χ3v) is 4.16. The Morgan fingerprint density at radius 3 is 2.96 bits per heavy atom. The molecule has 3 heterocycles. The molecule has 1 fully saturated rings. The summed E-state index contributed by atoms with van der Waals surface area (Å²) in [4.78, 5) is 22.6. The molecule has 1 amide bonds. The van der Waals surface area contributed by atoms with Crippen LogP contribution in [0.3, 0.4) is 0 Å². The van der Waals surface area contributed by atoms with Gasteiger partial charge in [0.25, 0.3) is 0 Å². The van der Waals surface area contributed by atoms with E-state index < -0.39 is 0 Å². The molecule has 3 rings (SSSR count). The van der Waals surface area contributed by atoms with Crippen molar-refractivity contribution in [3.63, 3.8) is 0 Å². The summed E-state index contributed by atoms with van der Waals surface area (Å²) in [6, 6.07) is 6.04. The monoisotopic (exact) mass is 334 g/mol. The molecule has 1 saturated heterocycles. The van der Waals surface area contributed by atoms with E-state index in [-0.39, 0.29) is 18.6 Å². The van der Waals surface area contributed by atoms with Crippen LogP contribution >= 0.6 is 11.6 Å². The van der Waals surface area contributed by atoms with Crippen LogP contribution in [-0.4, -0.2) is 48.7 Å². The van der Waals surface area contributed by atoms with E-state index in [4.69, 9.17) is 16.3 Å². The first-order valence-electron chi connectivity index (χ1n) is 7.61. The van der Waals surface area contributed by atoms with Gasteiger partial charge in [-0.2, -0.15) is 0 Å². The van der Waals surface area contributed by atoms with Crippen LogP contribution in [0.4, 0.5) is 5.82 Å². The minimum Gasteiger partial charge on any atom is -0.375 e. The number of halogens is 1. The van der Waals surface area contributed by atoms with Gasteiger partial charge >= 0.3 is 0 Å². The maximum atomic E-state index is 11.6. The lowest BCUT2D eigenvalue weighted by Gasteiger charge is -2.33. The van der Waals surface area contributed by atoms with Crippen molar-refractivity contribution in [1.82, 2.24) is 15.3 Å².